The van der Waals surface area contributed by atoms with E-state index in [-0.39, 0.29) is 40.1 Å². The number of carbonyl (C=O) groups excluding carboxylic acids is 1. The van der Waals surface area contributed by atoms with Gasteiger partial charge in [0, 0.05) is 17.0 Å². The number of rotatable bonds is 6. The summed E-state index contributed by atoms with van der Waals surface area (Å²) in [6.07, 6.45) is 0. The number of nitrogens with one attached hydrogen (secondary N) is 1. The molecule has 0 unspecified atom stereocenters. The number of aromatic nitrogens is 1. The topological polar surface area (TPSA) is 55.1 Å². The third-order valence-corrected chi connectivity index (χ3v) is 4.32. The zero-order chi connectivity index (χ0) is 19.4. The summed E-state index contributed by atoms with van der Waals surface area (Å²) in [5.74, 6) is -4.66. The Morgan fingerprint density at radius 3 is 2.67 bits per heavy atom. The van der Waals surface area contributed by atoms with Crippen molar-refractivity contribution in [2.75, 3.05) is 0 Å². The summed E-state index contributed by atoms with van der Waals surface area (Å²) in [6, 6.07) is 10.4. The molecular weight excluding hydrogens is 384 g/mol. The van der Waals surface area contributed by atoms with Crippen LogP contribution in [0.5, 0.6) is 0 Å². The molecule has 0 spiro atoms. The van der Waals surface area contributed by atoms with Crippen molar-refractivity contribution >= 4 is 17.7 Å². The van der Waals surface area contributed by atoms with Crippen molar-refractivity contribution in [2.45, 2.75) is 17.2 Å². The van der Waals surface area contributed by atoms with E-state index in [0.29, 0.717) is 5.69 Å². The minimum absolute atomic E-state index is 0.0279. The van der Waals surface area contributed by atoms with Gasteiger partial charge in [0.25, 0.3) is 11.7 Å². The molecule has 1 heterocycles. The van der Waals surface area contributed by atoms with Crippen LogP contribution >= 0.6 is 11.8 Å². The molecule has 0 aliphatic heterocycles. The van der Waals surface area contributed by atoms with Gasteiger partial charge in [-0.15, -0.1) is 0 Å². The van der Waals surface area contributed by atoms with Gasteiger partial charge in [0.1, 0.15) is 17.3 Å². The highest BCUT2D eigenvalue weighted by Gasteiger charge is 2.16. The van der Waals surface area contributed by atoms with Crippen LogP contribution in [0.25, 0.3) is 11.3 Å². The Morgan fingerprint density at radius 2 is 1.93 bits per heavy atom. The molecule has 140 valence electrons. The van der Waals surface area contributed by atoms with E-state index in [9.17, 15) is 22.4 Å². The second-order valence-electron chi connectivity index (χ2n) is 5.36. The molecule has 27 heavy (non-hydrogen) atoms. The zero-order valence-electron chi connectivity index (χ0n) is 13.6. The Bertz CT molecular complexity index is 962. The smallest absolute Gasteiger partial charge is 0.288 e. The molecule has 9 heteroatoms. The van der Waals surface area contributed by atoms with Crippen LogP contribution in [0.3, 0.4) is 0 Å². The Labute approximate surface area is 155 Å². The lowest BCUT2D eigenvalue weighted by Gasteiger charge is -2.08. The quantitative estimate of drug-likeness (QED) is 0.477. The van der Waals surface area contributed by atoms with Gasteiger partial charge in [-0.3, -0.25) is 4.79 Å². The van der Waals surface area contributed by atoms with Gasteiger partial charge in [-0.1, -0.05) is 29.1 Å². The fourth-order valence-electron chi connectivity index (χ4n) is 2.33. The average molecular weight is 396 g/mol. The molecule has 0 atom stereocenters. The van der Waals surface area contributed by atoms with E-state index in [1.54, 1.807) is 12.1 Å². The maximum absolute atomic E-state index is 13.8. The summed E-state index contributed by atoms with van der Waals surface area (Å²) >= 11 is 0.279. The number of carbonyl (C=O) groups is 1. The third kappa shape index (κ3) is 4.68. The largest absolute Gasteiger partial charge is 0.356 e. The first-order chi connectivity index (χ1) is 12.9. The van der Waals surface area contributed by atoms with Gasteiger partial charge in [0.05, 0.1) is 17.7 Å². The Kier molecular flexibility index (Phi) is 5.80. The molecule has 2 aromatic carbocycles. The molecule has 1 amide bonds. The van der Waals surface area contributed by atoms with Gasteiger partial charge in [0.15, 0.2) is 5.76 Å². The van der Waals surface area contributed by atoms with E-state index >= 15 is 0 Å². The normalized spacial score (nSPS) is 11.0. The second-order valence-corrected chi connectivity index (χ2v) is 6.40. The average Bonchev–Trinajstić information content (AvgIpc) is 3.08. The lowest BCUT2D eigenvalue weighted by atomic mass is 10.1. The number of alkyl halides is 2. The molecule has 0 saturated carbocycles. The summed E-state index contributed by atoms with van der Waals surface area (Å²) in [7, 11) is 0. The van der Waals surface area contributed by atoms with Crippen LogP contribution in [-0.4, -0.2) is 16.8 Å². The lowest BCUT2D eigenvalue weighted by Crippen LogP contribution is -2.23. The predicted molar refractivity (Wildman–Crippen MR) is 91.3 cm³/mol. The standard InChI is InChI=1S/C18H12F4N2O2S/c19-10-5-6-12(14(20)7-10)15-8-11(24-26-15)9-23-17(25)13-3-1-2-4-16(13)27-18(21)22/h1-8,18H,9H2,(H,23,25). The van der Waals surface area contributed by atoms with E-state index in [1.165, 1.54) is 24.3 Å². The van der Waals surface area contributed by atoms with Gasteiger partial charge in [-0.05, 0) is 24.3 Å². The molecule has 0 aliphatic carbocycles. The van der Waals surface area contributed by atoms with Crippen molar-refractivity contribution in [1.82, 2.24) is 10.5 Å². The summed E-state index contributed by atoms with van der Waals surface area (Å²) in [6.45, 7) is -0.0567. The van der Waals surface area contributed by atoms with E-state index in [1.807, 2.05) is 0 Å². The molecule has 0 aliphatic rings. The van der Waals surface area contributed by atoms with Crippen LogP contribution < -0.4 is 5.32 Å². The predicted octanol–water partition coefficient (Wildman–Crippen LogP) is 4.86. The van der Waals surface area contributed by atoms with E-state index in [0.717, 1.165) is 12.1 Å². The SMILES string of the molecule is O=C(NCc1cc(-c2ccc(F)cc2F)on1)c1ccccc1SC(F)F. The number of hydrogen-bond donors (Lipinski definition) is 1. The molecule has 3 aromatic rings. The first-order valence-corrected chi connectivity index (χ1v) is 8.55. The Balaban J connectivity index is 1.69. The van der Waals surface area contributed by atoms with Crippen LogP contribution in [-0.2, 0) is 6.54 Å². The molecule has 1 N–H and O–H groups in total. The fourth-order valence-corrected chi connectivity index (χ4v) is 2.97. The van der Waals surface area contributed by atoms with E-state index in [4.69, 9.17) is 4.52 Å². The monoisotopic (exact) mass is 396 g/mol. The number of halogens is 4. The highest BCUT2D eigenvalue weighted by Crippen LogP contribution is 2.28. The van der Waals surface area contributed by atoms with Gasteiger partial charge < -0.3 is 9.84 Å². The van der Waals surface area contributed by atoms with E-state index < -0.39 is 23.3 Å². The first-order valence-electron chi connectivity index (χ1n) is 7.67. The maximum atomic E-state index is 13.8. The second kappa shape index (κ2) is 8.26. The van der Waals surface area contributed by atoms with Gasteiger partial charge in [0.2, 0.25) is 0 Å². The highest BCUT2D eigenvalue weighted by atomic mass is 32.2. The minimum Gasteiger partial charge on any atom is -0.356 e. The fraction of sp³-hybridized carbons (Fsp3) is 0.111. The van der Waals surface area contributed by atoms with Crippen LogP contribution in [0.2, 0.25) is 0 Å². The molecular formula is C18H12F4N2O2S. The number of thioether (sulfide) groups is 1. The van der Waals surface area contributed by atoms with E-state index in [2.05, 4.69) is 10.5 Å². The third-order valence-electron chi connectivity index (χ3n) is 3.53. The summed E-state index contributed by atoms with van der Waals surface area (Å²) in [5.41, 5.74) is 0.428. The van der Waals surface area contributed by atoms with Gasteiger partial charge in [-0.2, -0.15) is 8.78 Å². The molecule has 0 bridgehead atoms. The van der Waals surface area contributed by atoms with Crippen molar-refractivity contribution in [2.24, 2.45) is 0 Å². The van der Waals surface area contributed by atoms with Crippen molar-refractivity contribution in [3.8, 4) is 11.3 Å². The van der Waals surface area contributed by atoms with Gasteiger partial charge in [-0.25, -0.2) is 8.78 Å². The van der Waals surface area contributed by atoms with Crippen LogP contribution in [0.4, 0.5) is 17.6 Å². The zero-order valence-corrected chi connectivity index (χ0v) is 14.4. The number of nitrogens with zero attached hydrogens (tertiary/aromatic N) is 1. The molecule has 0 fully saturated rings. The Hall–Kier alpha value is -2.81. The molecule has 4 nitrogen and oxygen atoms in total. The molecule has 0 radical (unpaired) electrons. The van der Waals surface area contributed by atoms with Gasteiger partial charge >= 0.3 is 0 Å². The highest BCUT2D eigenvalue weighted by molar-refractivity contribution is 7.99. The van der Waals surface area contributed by atoms with Crippen molar-refractivity contribution in [1.29, 1.82) is 0 Å². The number of hydrogen-bond acceptors (Lipinski definition) is 4. The summed E-state index contributed by atoms with van der Waals surface area (Å²) < 4.78 is 56.9. The maximum Gasteiger partial charge on any atom is 0.288 e. The van der Waals surface area contributed by atoms with Crippen LogP contribution in [0.1, 0.15) is 16.1 Å². The lowest BCUT2D eigenvalue weighted by molar-refractivity contribution is 0.0947. The molecule has 3 rings (SSSR count). The van der Waals surface area contributed by atoms with Crippen molar-refractivity contribution in [3.05, 3.63) is 71.4 Å². The van der Waals surface area contributed by atoms with Crippen LogP contribution in [0.15, 0.2) is 57.9 Å². The number of benzene rings is 2. The minimum atomic E-state index is -2.65. The van der Waals surface area contributed by atoms with Crippen LogP contribution in [0, 0.1) is 11.6 Å². The summed E-state index contributed by atoms with van der Waals surface area (Å²) in [4.78, 5) is 12.4. The molecule has 1 aromatic heterocycles. The van der Waals surface area contributed by atoms with Crippen molar-refractivity contribution in [3.63, 3.8) is 0 Å². The Morgan fingerprint density at radius 1 is 1.15 bits per heavy atom. The summed E-state index contributed by atoms with van der Waals surface area (Å²) in [5, 5.41) is 6.26. The number of amides is 1. The van der Waals surface area contributed by atoms with Crippen molar-refractivity contribution < 1.29 is 26.9 Å². The molecule has 0 saturated heterocycles. The first kappa shape index (κ1) is 19.0.